The van der Waals surface area contributed by atoms with Gasteiger partial charge in [0.05, 0.1) is 9.95 Å². The van der Waals surface area contributed by atoms with Crippen LogP contribution in [-0.4, -0.2) is 10.8 Å². The van der Waals surface area contributed by atoms with Crippen LogP contribution in [0.4, 0.5) is 24.5 Å². The molecule has 0 unspecified atom stereocenters. The Balaban J connectivity index is 1.96. The third-order valence-corrected chi connectivity index (χ3v) is 5.17. The number of benzene rings is 2. The van der Waals surface area contributed by atoms with Gasteiger partial charge < -0.3 is 5.32 Å². The van der Waals surface area contributed by atoms with E-state index in [2.05, 4.69) is 5.32 Å². The number of hydrogen-bond acceptors (Lipinski definition) is 4. The first-order chi connectivity index (χ1) is 12.2. The predicted octanol–water partition coefficient (Wildman–Crippen LogP) is 5.73. The van der Waals surface area contributed by atoms with E-state index in [-0.39, 0.29) is 15.6 Å². The molecule has 2 aromatic carbocycles. The largest absolute Gasteiger partial charge is 0.423 e. The molecule has 0 spiro atoms. The first kappa shape index (κ1) is 18.2. The standard InChI is InChI=1S/C16H8ClF3N2O3S/c17-13-9-3-1-2-4-12(9)26-14(13)15(23)21-8-5-6-11(22(24)25)10(7-8)16(18,19)20/h1-7H,(H,21,23). The number of fused-ring (bicyclic) bond motifs is 1. The van der Waals surface area contributed by atoms with Gasteiger partial charge in [-0.05, 0) is 18.2 Å². The molecule has 0 saturated carbocycles. The molecule has 3 rings (SSSR count). The summed E-state index contributed by atoms with van der Waals surface area (Å²) in [5, 5.41) is 13.9. The van der Waals surface area contributed by atoms with Gasteiger partial charge in [0.2, 0.25) is 0 Å². The Kier molecular flexibility index (Phi) is 4.59. The quantitative estimate of drug-likeness (QED) is 0.450. The maximum absolute atomic E-state index is 13.0. The minimum Gasteiger partial charge on any atom is -0.321 e. The molecule has 10 heteroatoms. The Morgan fingerprint density at radius 2 is 1.88 bits per heavy atom. The highest BCUT2D eigenvalue weighted by atomic mass is 35.5. The zero-order valence-corrected chi connectivity index (χ0v) is 14.2. The average molecular weight is 401 g/mol. The van der Waals surface area contributed by atoms with Gasteiger partial charge >= 0.3 is 6.18 Å². The maximum Gasteiger partial charge on any atom is 0.423 e. The fourth-order valence-corrected chi connectivity index (χ4v) is 3.76. The second-order valence-electron chi connectivity index (χ2n) is 5.18. The molecule has 1 N–H and O–H groups in total. The molecular weight excluding hydrogens is 393 g/mol. The molecule has 0 aliphatic heterocycles. The summed E-state index contributed by atoms with van der Waals surface area (Å²) in [5.74, 6) is -0.696. The van der Waals surface area contributed by atoms with Crippen molar-refractivity contribution in [1.82, 2.24) is 0 Å². The summed E-state index contributed by atoms with van der Waals surface area (Å²) in [4.78, 5) is 22.2. The molecule has 5 nitrogen and oxygen atoms in total. The number of nitro groups is 1. The fraction of sp³-hybridized carbons (Fsp3) is 0.0625. The lowest BCUT2D eigenvalue weighted by molar-refractivity contribution is -0.388. The third kappa shape index (κ3) is 3.35. The van der Waals surface area contributed by atoms with Gasteiger partial charge in [-0.3, -0.25) is 14.9 Å². The number of rotatable bonds is 3. The molecule has 0 bridgehead atoms. The average Bonchev–Trinajstić information content (AvgIpc) is 2.91. The van der Waals surface area contributed by atoms with Crippen LogP contribution in [0.1, 0.15) is 15.2 Å². The summed E-state index contributed by atoms with van der Waals surface area (Å²) < 4.78 is 39.8. The van der Waals surface area contributed by atoms with Crippen LogP contribution in [0.5, 0.6) is 0 Å². The van der Waals surface area contributed by atoms with Crippen LogP contribution < -0.4 is 5.32 Å². The highest BCUT2D eigenvalue weighted by Crippen LogP contribution is 2.38. The minimum atomic E-state index is -4.93. The van der Waals surface area contributed by atoms with Crippen LogP contribution in [0, 0.1) is 10.1 Å². The summed E-state index contributed by atoms with van der Waals surface area (Å²) in [6.07, 6.45) is -4.93. The Hall–Kier alpha value is -2.65. The van der Waals surface area contributed by atoms with E-state index in [1.54, 1.807) is 24.3 Å². The minimum absolute atomic E-state index is 0.139. The number of hydrogen-bond donors (Lipinski definition) is 1. The van der Waals surface area contributed by atoms with E-state index in [9.17, 15) is 28.1 Å². The Morgan fingerprint density at radius 1 is 1.19 bits per heavy atom. The van der Waals surface area contributed by atoms with Crippen LogP contribution in [0.15, 0.2) is 42.5 Å². The molecule has 134 valence electrons. The zero-order valence-electron chi connectivity index (χ0n) is 12.6. The number of carbonyl (C=O) groups excluding carboxylic acids is 1. The SMILES string of the molecule is O=C(Nc1ccc([N+](=O)[O-])c(C(F)(F)F)c1)c1sc2ccccc2c1Cl. The number of amides is 1. The van der Waals surface area contributed by atoms with Crippen molar-refractivity contribution in [3.05, 3.63) is 68.0 Å². The molecule has 0 aliphatic rings. The molecule has 1 heterocycles. The van der Waals surface area contributed by atoms with Crippen molar-refractivity contribution in [2.45, 2.75) is 6.18 Å². The number of nitro benzene ring substituents is 1. The van der Waals surface area contributed by atoms with E-state index >= 15 is 0 Å². The van der Waals surface area contributed by atoms with Gasteiger partial charge in [-0.25, -0.2) is 0 Å². The van der Waals surface area contributed by atoms with Crippen LogP contribution in [-0.2, 0) is 6.18 Å². The summed E-state index contributed by atoms with van der Waals surface area (Å²) in [6, 6.07) is 9.25. The summed E-state index contributed by atoms with van der Waals surface area (Å²) in [6.45, 7) is 0. The van der Waals surface area contributed by atoms with Crippen LogP contribution >= 0.6 is 22.9 Å². The van der Waals surface area contributed by atoms with Crippen molar-refractivity contribution in [3.63, 3.8) is 0 Å². The molecule has 0 aliphatic carbocycles. The predicted molar refractivity (Wildman–Crippen MR) is 92.9 cm³/mol. The number of alkyl halides is 3. The lowest BCUT2D eigenvalue weighted by Crippen LogP contribution is -2.13. The lowest BCUT2D eigenvalue weighted by atomic mass is 10.1. The first-order valence-electron chi connectivity index (χ1n) is 7.02. The van der Waals surface area contributed by atoms with Crippen molar-refractivity contribution in [3.8, 4) is 0 Å². The third-order valence-electron chi connectivity index (χ3n) is 3.50. The Morgan fingerprint density at radius 3 is 2.50 bits per heavy atom. The van der Waals surface area contributed by atoms with Crippen molar-refractivity contribution < 1.29 is 22.9 Å². The van der Waals surface area contributed by atoms with Crippen molar-refractivity contribution in [2.75, 3.05) is 5.32 Å². The number of nitrogens with zero attached hydrogens (tertiary/aromatic N) is 1. The molecule has 0 saturated heterocycles. The first-order valence-corrected chi connectivity index (χ1v) is 8.22. The normalized spacial score (nSPS) is 11.5. The number of carbonyl (C=O) groups is 1. The summed E-state index contributed by atoms with van der Waals surface area (Å²) in [5.41, 5.74) is -2.75. The number of halogens is 4. The Labute approximate surface area is 153 Å². The van der Waals surface area contributed by atoms with Gasteiger partial charge in [-0.1, -0.05) is 29.8 Å². The molecule has 0 radical (unpaired) electrons. The number of thiophene rings is 1. The van der Waals surface area contributed by atoms with Crippen molar-refractivity contribution >= 4 is 50.3 Å². The zero-order chi connectivity index (χ0) is 19.1. The molecule has 3 aromatic rings. The van der Waals surface area contributed by atoms with Gasteiger partial charge in [-0.2, -0.15) is 13.2 Å². The van der Waals surface area contributed by atoms with Gasteiger partial charge in [0, 0.05) is 21.8 Å². The van der Waals surface area contributed by atoms with Crippen LogP contribution in [0.3, 0.4) is 0 Å². The molecule has 1 aromatic heterocycles. The molecule has 26 heavy (non-hydrogen) atoms. The van der Waals surface area contributed by atoms with E-state index < -0.39 is 28.3 Å². The van der Waals surface area contributed by atoms with Gasteiger partial charge in [-0.15, -0.1) is 11.3 Å². The summed E-state index contributed by atoms with van der Waals surface area (Å²) in [7, 11) is 0. The van der Waals surface area contributed by atoms with Crippen molar-refractivity contribution in [1.29, 1.82) is 0 Å². The Bertz CT molecular complexity index is 1030. The summed E-state index contributed by atoms with van der Waals surface area (Å²) >= 11 is 7.26. The topological polar surface area (TPSA) is 72.2 Å². The van der Waals surface area contributed by atoms with Crippen LogP contribution in [0.25, 0.3) is 10.1 Å². The molecule has 1 amide bonds. The van der Waals surface area contributed by atoms with Gasteiger partial charge in [0.15, 0.2) is 0 Å². The smallest absolute Gasteiger partial charge is 0.321 e. The fourth-order valence-electron chi connectivity index (χ4n) is 2.35. The molecule has 0 fully saturated rings. The van der Waals surface area contributed by atoms with Crippen LogP contribution in [0.2, 0.25) is 5.02 Å². The van der Waals surface area contributed by atoms with Gasteiger partial charge in [0.1, 0.15) is 10.4 Å². The second-order valence-corrected chi connectivity index (χ2v) is 6.61. The van der Waals surface area contributed by atoms with E-state index in [0.29, 0.717) is 17.5 Å². The van der Waals surface area contributed by atoms with E-state index in [1.165, 1.54) is 0 Å². The maximum atomic E-state index is 13.0. The number of anilines is 1. The monoisotopic (exact) mass is 400 g/mol. The molecule has 0 atom stereocenters. The second kappa shape index (κ2) is 6.58. The van der Waals surface area contributed by atoms with E-state index in [4.69, 9.17) is 11.6 Å². The van der Waals surface area contributed by atoms with Crippen molar-refractivity contribution in [2.24, 2.45) is 0 Å². The highest BCUT2D eigenvalue weighted by Gasteiger charge is 2.38. The van der Waals surface area contributed by atoms with E-state index in [1.807, 2.05) is 0 Å². The lowest BCUT2D eigenvalue weighted by Gasteiger charge is -2.10. The molecular formula is C16H8ClF3N2O3S. The van der Waals surface area contributed by atoms with Gasteiger partial charge in [0.25, 0.3) is 11.6 Å². The highest BCUT2D eigenvalue weighted by molar-refractivity contribution is 7.21. The number of nitrogens with one attached hydrogen (secondary N) is 1. The van der Waals surface area contributed by atoms with E-state index in [0.717, 1.165) is 22.1 Å².